The first-order chi connectivity index (χ1) is 13.9. The molecule has 2 aromatic rings. The van der Waals surface area contributed by atoms with Crippen molar-refractivity contribution in [3.05, 3.63) is 71.5 Å². The lowest BCUT2D eigenvalue weighted by atomic mass is 10.0. The summed E-state index contributed by atoms with van der Waals surface area (Å²) < 4.78 is 19.0. The van der Waals surface area contributed by atoms with Gasteiger partial charge in [-0.15, -0.1) is 0 Å². The van der Waals surface area contributed by atoms with E-state index in [4.69, 9.17) is 4.74 Å². The van der Waals surface area contributed by atoms with Crippen LogP contribution in [0.15, 0.2) is 54.6 Å². The van der Waals surface area contributed by atoms with Gasteiger partial charge in [0, 0.05) is 6.54 Å². The Hall–Kier alpha value is -2.73. The summed E-state index contributed by atoms with van der Waals surface area (Å²) in [6, 6.07) is 15.0. The molecule has 154 valence electrons. The summed E-state index contributed by atoms with van der Waals surface area (Å²) in [6.07, 6.45) is -0.0697. The van der Waals surface area contributed by atoms with Gasteiger partial charge < -0.3 is 15.0 Å². The number of nitrogens with one attached hydrogen (secondary N) is 1. The minimum absolute atomic E-state index is 0.0469. The van der Waals surface area contributed by atoms with Crippen LogP contribution in [0.5, 0.6) is 0 Å². The number of benzene rings is 2. The van der Waals surface area contributed by atoms with Crippen LogP contribution < -0.4 is 5.32 Å². The molecule has 6 heteroatoms. The van der Waals surface area contributed by atoms with E-state index in [0.29, 0.717) is 19.7 Å². The largest absolute Gasteiger partial charge is 0.370 e. The van der Waals surface area contributed by atoms with Crippen molar-refractivity contribution in [3.8, 4) is 0 Å². The molecule has 0 aromatic heterocycles. The van der Waals surface area contributed by atoms with Gasteiger partial charge in [-0.3, -0.25) is 9.59 Å². The van der Waals surface area contributed by atoms with E-state index in [1.807, 2.05) is 44.2 Å². The summed E-state index contributed by atoms with van der Waals surface area (Å²) in [4.78, 5) is 27.4. The molecule has 1 aliphatic rings. The van der Waals surface area contributed by atoms with Crippen LogP contribution in [0.2, 0.25) is 0 Å². The number of carbonyl (C=O) groups excluding carboxylic acids is 2. The van der Waals surface area contributed by atoms with Gasteiger partial charge in [0.05, 0.1) is 19.6 Å². The van der Waals surface area contributed by atoms with Crippen molar-refractivity contribution in [2.45, 2.75) is 32.4 Å². The molecule has 5 nitrogen and oxygen atoms in total. The number of halogens is 1. The number of ether oxygens (including phenoxy) is 1. The average molecular weight is 398 g/mol. The standard InChI is InChI=1S/C23H27FN2O3/c1-16(2)22(25-21(27)14-17-6-4-3-5-7-17)23(28)26-12-13-29-20(15-26)18-8-10-19(24)11-9-18/h3-11,16,20,22H,12-15H2,1-2H3,(H,25,27). The van der Waals surface area contributed by atoms with Crippen molar-refractivity contribution in [3.63, 3.8) is 0 Å². The first kappa shape index (κ1) is 21.0. The van der Waals surface area contributed by atoms with Gasteiger partial charge >= 0.3 is 0 Å². The Morgan fingerprint density at radius 2 is 1.83 bits per heavy atom. The fourth-order valence-corrected chi connectivity index (χ4v) is 3.44. The minimum atomic E-state index is -0.599. The Morgan fingerprint density at radius 1 is 1.14 bits per heavy atom. The highest BCUT2D eigenvalue weighted by atomic mass is 19.1. The van der Waals surface area contributed by atoms with Gasteiger partial charge in [-0.05, 0) is 29.2 Å². The van der Waals surface area contributed by atoms with Crippen LogP contribution in [0.4, 0.5) is 4.39 Å². The second-order valence-corrected chi connectivity index (χ2v) is 7.65. The van der Waals surface area contributed by atoms with Gasteiger partial charge in [-0.25, -0.2) is 4.39 Å². The van der Waals surface area contributed by atoms with Crippen LogP contribution >= 0.6 is 0 Å². The van der Waals surface area contributed by atoms with E-state index in [9.17, 15) is 14.0 Å². The maximum atomic E-state index is 13.2. The molecule has 1 fully saturated rings. The molecule has 2 unspecified atom stereocenters. The zero-order valence-corrected chi connectivity index (χ0v) is 16.8. The first-order valence-electron chi connectivity index (χ1n) is 9.93. The fourth-order valence-electron chi connectivity index (χ4n) is 3.44. The first-order valence-corrected chi connectivity index (χ1v) is 9.93. The summed E-state index contributed by atoms with van der Waals surface area (Å²) in [7, 11) is 0. The Kier molecular flexibility index (Phi) is 6.99. The van der Waals surface area contributed by atoms with Crippen LogP contribution in [-0.4, -0.2) is 42.5 Å². The lowest BCUT2D eigenvalue weighted by Gasteiger charge is -2.36. The van der Waals surface area contributed by atoms with Gasteiger partial charge in [0.1, 0.15) is 18.0 Å². The number of nitrogens with zero attached hydrogens (tertiary/aromatic N) is 1. The molecule has 0 radical (unpaired) electrons. The number of amides is 2. The number of morpholine rings is 1. The molecule has 2 aromatic carbocycles. The van der Waals surface area contributed by atoms with Crippen molar-refractivity contribution in [2.24, 2.45) is 5.92 Å². The van der Waals surface area contributed by atoms with Crippen LogP contribution in [-0.2, 0) is 20.7 Å². The normalized spacial score (nSPS) is 17.8. The average Bonchev–Trinajstić information content (AvgIpc) is 2.73. The lowest BCUT2D eigenvalue weighted by Crippen LogP contribution is -2.54. The van der Waals surface area contributed by atoms with E-state index in [2.05, 4.69) is 5.32 Å². The van der Waals surface area contributed by atoms with E-state index in [0.717, 1.165) is 11.1 Å². The molecular weight excluding hydrogens is 371 g/mol. The van der Waals surface area contributed by atoms with Crippen molar-refractivity contribution in [2.75, 3.05) is 19.7 Å². The van der Waals surface area contributed by atoms with Gasteiger partial charge in [0.25, 0.3) is 0 Å². The Balaban J connectivity index is 1.64. The van der Waals surface area contributed by atoms with E-state index >= 15 is 0 Å². The van der Waals surface area contributed by atoms with Crippen molar-refractivity contribution in [1.82, 2.24) is 10.2 Å². The number of rotatable bonds is 6. The summed E-state index contributed by atoms with van der Waals surface area (Å²) in [6.45, 7) is 5.08. The molecule has 2 atom stereocenters. The van der Waals surface area contributed by atoms with Crippen molar-refractivity contribution in [1.29, 1.82) is 0 Å². The minimum Gasteiger partial charge on any atom is -0.370 e. The van der Waals surface area contributed by atoms with Crippen molar-refractivity contribution < 1.29 is 18.7 Å². The molecular formula is C23H27FN2O3. The summed E-state index contributed by atoms with van der Waals surface area (Å²) in [5.41, 5.74) is 1.74. The van der Waals surface area contributed by atoms with E-state index in [1.54, 1.807) is 17.0 Å². The van der Waals surface area contributed by atoms with Gasteiger partial charge in [0.2, 0.25) is 11.8 Å². The molecule has 0 saturated carbocycles. The molecule has 1 heterocycles. The molecule has 0 bridgehead atoms. The molecule has 1 N–H and O–H groups in total. The third-order valence-corrected chi connectivity index (χ3v) is 5.08. The summed E-state index contributed by atoms with van der Waals surface area (Å²) in [5, 5.41) is 2.90. The predicted octanol–water partition coefficient (Wildman–Crippen LogP) is 3.11. The molecule has 29 heavy (non-hydrogen) atoms. The van der Waals surface area contributed by atoms with E-state index < -0.39 is 6.04 Å². The topological polar surface area (TPSA) is 58.6 Å². The number of hydrogen-bond acceptors (Lipinski definition) is 3. The van der Waals surface area contributed by atoms with Gasteiger partial charge in [0.15, 0.2) is 0 Å². The van der Waals surface area contributed by atoms with Crippen LogP contribution in [0.3, 0.4) is 0 Å². The quantitative estimate of drug-likeness (QED) is 0.814. The van der Waals surface area contributed by atoms with Crippen LogP contribution in [0, 0.1) is 11.7 Å². The Bertz CT molecular complexity index is 824. The summed E-state index contributed by atoms with van der Waals surface area (Å²) in [5.74, 6) is -0.642. The van der Waals surface area contributed by atoms with Gasteiger partial charge in [-0.1, -0.05) is 56.3 Å². The highest BCUT2D eigenvalue weighted by Crippen LogP contribution is 2.23. The molecule has 2 amide bonds. The molecule has 3 rings (SSSR count). The monoisotopic (exact) mass is 398 g/mol. The van der Waals surface area contributed by atoms with Gasteiger partial charge in [-0.2, -0.15) is 0 Å². The van der Waals surface area contributed by atoms with Crippen molar-refractivity contribution >= 4 is 11.8 Å². The van der Waals surface area contributed by atoms with E-state index in [1.165, 1.54) is 12.1 Å². The van der Waals surface area contributed by atoms with E-state index in [-0.39, 0.29) is 36.1 Å². The Labute approximate surface area is 170 Å². The number of carbonyl (C=O) groups is 2. The molecule has 0 spiro atoms. The zero-order chi connectivity index (χ0) is 20.8. The zero-order valence-electron chi connectivity index (χ0n) is 16.8. The van der Waals surface area contributed by atoms with Crippen LogP contribution in [0.25, 0.3) is 0 Å². The summed E-state index contributed by atoms with van der Waals surface area (Å²) >= 11 is 0. The van der Waals surface area contributed by atoms with Crippen LogP contribution in [0.1, 0.15) is 31.1 Å². The molecule has 0 aliphatic carbocycles. The Morgan fingerprint density at radius 3 is 2.48 bits per heavy atom. The smallest absolute Gasteiger partial charge is 0.245 e. The SMILES string of the molecule is CC(C)C(NC(=O)Cc1ccccc1)C(=O)N1CCOC(c2ccc(F)cc2)C1. The second kappa shape index (κ2) is 9.65. The number of hydrogen-bond donors (Lipinski definition) is 1. The fraction of sp³-hybridized carbons (Fsp3) is 0.391. The molecule has 1 saturated heterocycles. The predicted molar refractivity (Wildman–Crippen MR) is 109 cm³/mol. The molecule has 1 aliphatic heterocycles. The third-order valence-electron chi connectivity index (χ3n) is 5.08. The highest BCUT2D eigenvalue weighted by molar-refractivity contribution is 5.88. The second-order valence-electron chi connectivity index (χ2n) is 7.65. The third kappa shape index (κ3) is 5.64. The lowest BCUT2D eigenvalue weighted by molar-refractivity contribution is -0.144. The maximum absolute atomic E-state index is 13.2. The maximum Gasteiger partial charge on any atom is 0.245 e. The highest BCUT2D eigenvalue weighted by Gasteiger charge is 2.32.